The molecule has 3 heterocycles. The maximum atomic E-state index is 9.24. The summed E-state index contributed by atoms with van der Waals surface area (Å²) in [7, 11) is 0. The highest BCUT2D eigenvalue weighted by molar-refractivity contribution is 7.16. The molecule has 5 rings (SSSR count). The molecule has 1 saturated heterocycles. The van der Waals surface area contributed by atoms with E-state index in [0.717, 1.165) is 48.4 Å². The van der Waals surface area contributed by atoms with E-state index in [2.05, 4.69) is 52.5 Å². The number of aromatic nitrogens is 3. The maximum Gasteiger partial charge on any atom is 0.252 e. The van der Waals surface area contributed by atoms with Gasteiger partial charge in [0, 0.05) is 25.7 Å². The lowest BCUT2D eigenvalue weighted by molar-refractivity contribution is 0.211. The molecule has 2 aromatic heterocycles. The van der Waals surface area contributed by atoms with Crippen molar-refractivity contribution >= 4 is 27.6 Å². The molecular formula is C27H28N6OS. The third-order valence-corrected chi connectivity index (χ3v) is 7.12. The van der Waals surface area contributed by atoms with Crippen LogP contribution in [-0.4, -0.2) is 39.0 Å². The fourth-order valence-corrected chi connectivity index (χ4v) is 5.16. The van der Waals surface area contributed by atoms with E-state index in [1.807, 2.05) is 26.0 Å². The Kier molecular flexibility index (Phi) is 6.62. The lowest BCUT2D eigenvalue weighted by atomic mass is 10.0. The van der Waals surface area contributed by atoms with Gasteiger partial charge in [-0.1, -0.05) is 29.8 Å². The van der Waals surface area contributed by atoms with Gasteiger partial charge < -0.3 is 10.1 Å². The minimum atomic E-state index is 0.306. The molecule has 0 spiro atoms. The van der Waals surface area contributed by atoms with Gasteiger partial charge >= 0.3 is 0 Å². The predicted octanol–water partition coefficient (Wildman–Crippen LogP) is 5.75. The number of nitriles is 1. The Morgan fingerprint density at radius 3 is 2.49 bits per heavy atom. The molecule has 1 fully saturated rings. The summed E-state index contributed by atoms with van der Waals surface area (Å²) in [6.07, 6.45) is 2.06. The van der Waals surface area contributed by atoms with Gasteiger partial charge in [-0.3, -0.25) is 4.90 Å². The van der Waals surface area contributed by atoms with Crippen molar-refractivity contribution in [2.75, 3.05) is 18.4 Å². The molecule has 0 unspecified atom stereocenters. The Bertz CT molecular complexity index is 1360. The van der Waals surface area contributed by atoms with Gasteiger partial charge in [0.1, 0.15) is 5.75 Å². The van der Waals surface area contributed by atoms with Crippen molar-refractivity contribution in [3.8, 4) is 17.7 Å². The Balaban J connectivity index is 1.29. The molecule has 0 bridgehead atoms. The maximum absolute atomic E-state index is 9.24. The van der Waals surface area contributed by atoms with Gasteiger partial charge in [-0.15, -0.1) is 11.3 Å². The normalized spacial score (nSPS) is 14.7. The number of ether oxygens (including phenoxy) is 1. The number of anilines is 1. The SMILES string of the molecule is Cc1ccc(CN2CCC(Nc3nc(Oc4c(C)cc(C#N)cc4C)c4ncsc4n3)CC2)cc1. The third kappa shape index (κ3) is 5.26. The van der Waals surface area contributed by atoms with Crippen LogP contribution in [0.5, 0.6) is 11.6 Å². The number of piperidine rings is 1. The van der Waals surface area contributed by atoms with Crippen LogP contribution in [0, 0.1) is 32.1 Å². The van der Waals surface area contributed by atoms with Crippen LogP contribution in [0.1, 0.15) is 40.7 Å². The topological polar surface area (TPSA) is 87.0 Å². The van der Waals surface area contributed by atoms with Crippen molar-refractivity contribution in [1.82, 2.24) is 19.9 Å². The number of nitrogens with zero attached hydrogens (tertiary/aromatic N) is 5. The Morgan fingerprint density at radius 1 is 1.09 bits per heavy atom. The lowest BCUT2D eigenvalue weighted by Crippen LogP contribution is -2.39. The average molecular weight is 485 g/mol. The summed E-state index contributed by atoms with van der Waals surface area (Å²) in [6, 6.07) is 14.9. The summed E-state index contributed by atoms with van der Waals surface area (Å²) in [6.45, 7) is 9.04. The summed E-state index contributed by atoms with van der Waals surface area (Å²) in [5.41, 5.74) is 7.45. The summed E-state index contributed by atoms with van der Waals surface area (Å²) >= 11 is 1.47. The highest BCUT2D eigenvalue weighted by Crippen LogP contribution is 2.34. The first-order chi connectivity index (χ1) is 17.0. The molecule has 0 amide bonds. The molecule has 8 heteroatoms. The standard InChI is InChI=1S/C27H28N6OS/c1-17-4-6-20(7-5-17)15-33-10-8-22(9-11-33)30-27-31-25(23-26(32-27)35-16-29-23)34-24-18(2)12-21(14-28)13-19(24)3/h4-7,12-13,16,22H,8-11,15H2,1-3H3,(H,30,31,32). The van der Waals surface area contributed by atoms with Crippen molar-refractivity contribution in [1.29, 1.82) is 5.26 Å². The molecule has 0 radical (unpaired) electrons. The molecule has 35 heavy (non-hydrogen) atoms. The van der Waals surface area contributed by atoms with Gasteiger partial charge in [-0.05, 0) is 62.4 Å². The van der Waals surface area contributed by atoms with Crippen molar-refractivity contribution < 1.29 is 4.74 Å². The third-order valence-electron chi connectivity index (χ3n) is 6.40. The molecule has 0 atom stereocenters. The van der Waals surface area contributed by atoms with Gasteiger partial charge in [0.05, 0.1) is 17.1 Å². The quantitative estimate of drug-likeness (QED) is 0.373. The summed E-state index contributed by atoms with van der Waals surface area (Å²) < 4.78 is 6.27. The number of likely N-dealkylation sites (tertiary alicyclic amines) is 1. The zero-order valence-corrected chi connectivity index (χ0v) is 21.0. The van der Waals surface area contributed by atoms with Crippen molar-refractivity contribution in [3.05, 3.63) is 69.7 Å². The Hall–Kier alpha value is -3.54. The van der Waals surface area contributed by atoms with Crippen LogP contribution < -0.4 is 10.1 Å². The zero-order chi connectivity index (χ0) is 24.4. The first-order valence-electron chi connectivity index (χ1n) is 11.8. The van der Waals surface area contributed by atoms with Crippen LogP contribution in [0.25, 0.3) is 10.3 Å². The second kappa shape index (κ2) is 9.98. The number of hydrogen-bond donors (Lipinski definition) is 1. The van der Waals surface area contributed by atoms with Gasteiger partial charge in [-0.25, -0.2) is 4.98 Å². The second-order valence-corrected chi connectivity index (χ2v) is 10.0. The lowest BCUT2D eigenvalue weighted by Gasteiger charge is -2.32. The largest absolute Gasteiger partial charge is 0.436 e. The second-order valence-electron chi connectivity index (χ2n) is 9.19. The fraction of sp³-hybridized carbons (Fsp3) is 0.333. The Labute approximate surface area is 209 Å². The van der Waals surface area contributed by atoms with Crippen LogP contribution in [0.2, 0.25) is 0 Å². The van der Waals surface area contributed by atoms with E-state index in [1.165, 1.54) is 22.5 Å². The number of nitrogens with one attached hydrogen (secondary N) is 1. The number of fused-ring (bicyclic) bond motifs is 1. The van der Waals surface area contributed by atoms with Crippen LogP contribution in [0.4, 0.5) is 5.95 Å². The monoisotopic (exact) mass is 484 g/mol. The van der Waals surface area contributed by atoms with Gasteiger partial charge in [0.25, 0.3) is 5.88 Å². The van der Waals surface area contributed by atoms with Crippen LogP contribution >= 0.6 is 11.3 Å². The van der Waals surface area contributed by atoms with E-state index < -0.39 is 0 Å². The summed E-state index contributed by atoms with van der Waals surface area (Å²) in [5, 5.41) is 12.8. The highest BCUT2D eigenvalue weighted by atomic mass is 32.1. The average Bonchev–Trinajstić information content (AvgIpc) is 3.33. The van der Waals surface area contributed by atoms with E-state index in [9.17, 15) is 5.26 Å². The van der Waals surface area contributed by atoms with E-state index in [0.29, 0.717) is 34.7 Å². The number of aryl methyl sites for hydroxylation is 3. The molecule has 1 aliphatic rings. The van der Waals surface area contributed by atoms with Crippen LogP contribution in [-0.2, 0) is 6.54 Å². The number of rotatable bonds is 6. The molecule has 4 aromatic rings. The van der Waals surface area contributed by atoms with Crippen LogP contribution in [0.3, 0.4) is 0 Å². The molecule has 178 valence electrons. The van der Waals surface area contributed by atoms with E-state index in [1.54, 1.807) is 5.51 Å². The molecular weight excluding hydrogens is 456 g/mol. The van der Waals surface area contributed by atoms with E-state index in [4.69, 9.17) is 14.7 Å². The highest BCUT2D eigenvalue weighted by Gasteiger charge is 2.22. The minimum absolute atomic E-state index is 0.306. The number of hydrogen-bond acceptors (Lipinski definition) is 8. The van der Waals surface area contributed by atoms with Crippen molar-refractivity contribution in [3.63, 3.8) is 0 Å². The molecule has 2 aromatic carbocycles. The van der Waals surface area contributed by atoms with Crippen LogP contribution in [0.15, 0.2) is 41.9 Å². The molecule has 7 nitrogen and oxygen atoms in total. The fourth-order valence-electron chi connectivity index (χ4n) is 4.51. The van der Waals surface area contributed by atoms with Gasteiger partial charge in [0.2, 0.25) is 5.95 Å². The van der Waals surface area contributed by atoms with Gasteiger partial charge in [-0.2, -0.15) is 15.2 Å². The smallest absolute Gasteiger partial charge is 0.252 e. The molecule has 0 saturated carbocycles. The number of thiazole rings is 1. The number of benzene rings is 2. The molecule has 1 N–H and O–H groups in total. The van der Waals surface area contributed by atoms with Crippen molar-refractivity contribution in [2.45, 2.75) is 46.2 Å². The molecule has 0 aliphatic carbocycles. The first kappa shape index (κ1) is 23.2. The summed E-state index contributed by atoms with van der Waals surface area (Å²) in [5.74, 6) is 1.71. The van der Waals surface area contributed by atoms with E-state index in [-0.39, 0.29) is 0 Å². The minimum Gasteiger partial charge on any atom is -0.436 e. The van der Waals surface area contributed by atoms with Crippen molar-refractivity contribution in [2.24, 2.45) is 0 Å². The molecule has 1 aliphatic heterocycles. The Morgan fingerprint density at radius 2 is 1.80 bits per heavy atom. The van der Waals surface area contributed by atoms with Gasteiger partial charge in [0.15, 0.2) is 10.3 Å². The van der Waals surface area contributed by atoms with E-state index >= 15 is 0 Å². The zero-order valence-electron chi connectivity index (χ0n) is 20.2. The predicted molar refractivity (Wildman–Crippen MR) is 139 cm³/mol. The summed E-state index contributed by atoms with van der Waals surface area (Å²) in [4.78, 5) is 17.1. The first-order valence-corrected chi connectivity index (χ1v) is 12.7.